The Bertz CT molecular complexity index is 972. The third-order valence-corrected chi connectivity index (χ3v) is 5.32. The third kappa shape index (κ3) is 3.77. The Hall–Kier alpha value is -2.52. The highest BCUT2D eigenvalue weighted by molar-refractivity contribution is 7.89. The molecule has 8 nitrogen and oxygen atoms in total. The van der Waals surface area contributed by atoms with Crippen LogP contribution < -0.4 is 4.72 Å². The van der Waals surface area contributed by atoms with E-state index in [1.54, 1.807) is 13.8 Å². The van der Waals surface area contributed by atoms with E-state index in [4.69, 9.17) is 9.05 Å². The molecule has 2 aromatic heterocycles. The molecule has 0 atom stereocenters. The summed E-state index contributed by atoms with van der Waals surface area (Å²) in [5.41, 5.74) is 2.27. The van der Waals surface area contributed by atoms with Gasteiger partial charge in [-0.3, -0.25) is 0 Å². The number of sulfonamides is 1. The van der Waals surface area contributed by atoms with Crippen LogP contribution in [0.2, 0.25) is 0 Å². The Kier molecular flexibility index (Phi) is 4.69. The lowest BCUT2D eigenvalue weighted by Crippen LogP contribution is -2.26. The zero-order chi connectivity index (χ0) is 18.0. The Labute approximate surface area is 145 Å². The third-order valence-electron chi connectivity index (χ3n) is 3.61. The van der Waals surface area contributed by atoms with E-state index < -0.39 is 10.0 Å². The number of aromatic nitrogens is 3. The smallest absolute Gasteiger partial charge is 0.245 e. The van der Waals surface area contributed by atoms with Gasteiger partial charge in [0.1, 0.15) is 10.6 Å². The van der Waals surface area contributed by atoms with Crippen LogP contribution >= 0.6 is 0 Å². The van der Waals surface area contributed by atoms with Crippen LogP contribution in [0, 0.1) is 20.8 Å². The molecule has 1 aromatic carbocycles. The Morgan fingerprint density at radius 3 is 2.60 bits per heavy atom. The van der Waals surface area contributed by atoms with Crippen molar-refractivity contribution in [1.29, 1.82) is 0 Å². The maximum atomic E-state index is 12.3. The number of aryl methyl sites for hydroxylation is 3. The fraction of sp³-hybridized carbons (Fsp3) is 0.312. The van der Waals surface area contributed by atoms with Crippen LogP contribution in [0.5, 0.6) is 0 Å². The fourth-order valence-electron chi connectivity index (χ4n) is 2.48. The van der Waals surface area contributed by atoms with Crippen molar-refractivity contribution in [3.8, 4) is 11.4 Å². The standard InChI is InChI=1S/C16H18N4O4S/c1-10-5-4-6-13(9-10)16-18-14(24-20-16)7-8-17-25(21,22)15-11(2)19-23-12(15)3/h4-6,9,17H,7-8H2,1-3H3. The average molecular weight is 362 g/mol. The van der Waals surface area contributed by atoms with E-state index in [2.05, 4.69) is 20.0 Å². The molecule has 3 aromatic rings. The molecule has 9 heteroatoms. The van der Waals surface area contributed by atoms with E-state index in [0.29, 0.717) is 17.4 Å². The summed E-state index contributed by atoms with van der Waals surface area (Å²) in [7, 11) is -3.70. The molecule has 25 heavy (non-hydrogen) atoms. The molecule has 3 rings (SSSR count). The molecule has 0 aliphatic rings. The van der Waals surface area contributed by atoms with E-state index in [1.165, 1.54) is 0 Å². The zero-order valence-electron chi connectivity index (χ0n) is 14.1. The summed E-state index contributed by atoms with van der Waals surface area (Å²) in [6, 6.07) is 7.74. The lowest BCUT2D eigenvalue weighted by Gasteiger charge is -2.04. The van der Waals surface area contributed by atoms with Crippen LogP contribution in [0.3, 0.4) is 0 Å². The molecule has 132 valence electrons. The second-order valence-corrected chi connectivity index (χ2v) is 7.39. The topological polar surface area (TPSA) is 111 Å². The zero-order valence-corrected chi connectivity index (χ0v) is 14.9. The molecule has 0 bridgehead atoms. The number of hydrogen-bond acceptors (Lipinski definition) is 7. The van der Waals surface area contributed by atoms with E-state index in [-0.39, 0.29) is 23.6 Å². The fourth-order valence-corrected chi connectivity index (χ4v) is 3.84. The number of hydrogen-bond donors (Lipinski definition) is 1. The van der Waals surface area contributed by atoms with Gasteiger partial charge in [-0.15, -0.1) is 0 Å². The van der Waals surface area contributed by atoms with Crippen molar-refractivity contribution in [2.75, 3.05) is 6.54 Å². The Morgan fingerprint density at radius 1 is 1.12 bits per heavy atom. The van der Waals surface area contributed by atoms with Gasteiger partial charge in [-0.25, -0.2) is 13.1 Å². The highest BCUT2D eigenvalue weighted by Gasteiger charge is 2.23. The SMILES string of the molecule is Cc1cccc(-c2noc(CCNS(=O)(=O)c3c(C)noc3C)n2)c1. The molecule has 0 saturated carbocycles. The summed E-state index contributed by atoms with van der Waals surface area (Å²) in [5, 5.41) is 7.59. The predicted molar refractivity (Wildman–Crippen MR) is 89.3 cm³/mol. The van der Waals surface area contributed by atoms with Crippen molar-refractivity contribution in [1.82, 2.24) is 20.0 Å². The minimum atomic E-state index is -3.70. The normalized spacial score (nSPS) is 11.8. The molecule has 0 aliphatic heterocycles. The van der Waals surface area contributed by atoms with Crippen molar-refractivity contribution in [2.45, 2.75) is 32.1 Å². The molecule has 0 spiro atoms. The van der Waals surface area contributed by atoms with E-state index >= 15 is 0 Å². The maximum absolute atomic E-state index is 12.3. The van der Waals surface area contributed by atoms with Gasteiger partial charge < -0.3 is 9.05 Å². The first-order valence-corrected chi connectivity index (χ1v) is 9.17. The first kappa shape index (κ1) is 17.3. The van der Waals surface area contributed by atoms with Crippen LogP contribution in [0.4, 0.5) is 0 Å². The minimum absolute atomic E-state index is 0.0680. The second kappa shape index (κ2) is 6.77. The largest absolute Gasteiger partial charge is 0.360 e. The molecule has 2 heterocycles. The van der Waals surface area contributed by atoms with Gasteiger partial charge in [-0.1, -0.05) is 34.1 Å². The molecule has 0 saturated heterocycles. The van der Waals surface area contributed by atoms with Gasteiger partial charge in [-0.2, -0.15) is 4.98 Å². The van der Waals surface area contributed by atoms with Crippen molar-refractivity contribution in [3.05, 3.63) is 47.2 Å². The summed E-state index contributed by atoms with van der Waals surface area (Å²) in [6.07, 6.45) is 0.279. The quantitative estimate of drug-likeness (QED) is 0.715. The number of benzene rings is 1. The van der Waals surface area contributed by atoms with Crippen molar-refractivity contribution >= 4 is 10.0 Å². The monoisotopic (exact) mass is 362 g/mol. The van der Waals surface area contributed by atoms with E-state index in [0.717, 1.165) is 11.1 Å². The van der Waals surface area contributed by atoms with Gasteiger partial charge in [0.25, 0.3) is 0 Å². The number of rotatable bonds is 6. The van der Waals surface area contributed by atoms with Crippen molar-refractivity contribution in [2.24, 2.45) is 0 Å². The van der Waals surface area contributed by atoms with Gasteiger partial charge in [0.05, 0.1) is 0 Å². The summed E-state index contributed by atoms with van der Waals surface area (Å²) < 4.78 is 37.2. The number of nitrogens with one attached hydrogen (secondary N) is 1. The van der Waals surface area contributed by atoms with Crippen molar-refractivity contribution in [3.63, 3.8) is 0 Å². The van der Waals surface area contributed by atoms with Crippen LogP contribution in [0.1, 0.15) is 22.9 Å². The van der Waals surface area contributed by atoms with Crippen LogP contribution in [0.25, 0.3) is 11.4 Å². The predicted octanol–water partition coefficient (Wildman–Crippen LogP) is 2.17. The first-order chi connectivity index (χ1) is 11.9. The molecular weight excluding hydrogens is 344 g/mol. The highest BCUT2D eigenvalue weighted by atomic mass is 32.2. The molecule has 0 amide bonds. The van der Waals surface area contributed by atoms with Gasteiger partial charge in [0.2, 0.25) is 21.7 Å². The highest BCUT2D eigenvalue weighted by Crippen LogP contribution is 2.19. The number of nitrogens with zero attached hydrogens (tertiary/aromatic N) is 3. The average Bonchev–Trinajstić information content (AvgIpc) is 3.14. The van der Waals surface area contributed by atoms with Gasteiger partial charge in [0, 0.05) is 18.5 Å². The summed E-state index contributed by atoms with van der Waals surface area (Å²) in [5.74, 6) is 1.09. The molecular formula is C16H18N4O4S. The lowest BCUT2D eigenvalue weighted by atomic mass is 10.1. The Balaban J connectivity index is 1.65. The molecule has 1 N–H and O–H groups in total. The summed E-state index contributed by atoms with van der Waals surface area (Å²) in [6.45, 7) is 5.24. The second-order valence-electron chi connectivity index (χ2n) is 5.68. The summed E-state index contributed by atoms with van der Waals surface area (Å²) >= 11 is 0. The van der Waals surface area contributed by atoms with Gasteiger partial charge in [-0.05, 0) is 26.8 Å². The van der Waals surface area contributed by atoms with Crippen molar-refractivity contribution < 1.29 is 17.5 Å². The molecule has 0 aliphatic carbocycles. The Morgan fingerprint density at radius 2 is 1.92 bits per heavy atom. The molecule has 0 radical (unpaired) electrons. The van der Waals surface area contributed by atoms with Crippen LogP contribution in [0.15, 0.2) is 38.2 Å². The lowest BCUT2D eigenvalue weighted by molar-refractivity contribution is 0.379. The van der Waals surface area contributed by atoms with Crippen LogP contribution in [-0.2, 0) is 16.4 Å². The van der Waals surface area contributed by atoms with Crippen LogP contribution in [-0.4, -0.2) is 30.3 Å². The van der Waals surface area contributed by atoms with E-state index in [9.17, 15) is 8.42 Å². The van der Waals surface area contributed by atoms with E-state index in [1.807, 2.05) is 31.2 Å². The maximum Gasteiger partial charge on any atom is 0.245 e. The summed E-state index contributed by atoms with van der Waals surface area (Å²) in [4.78, 5) is 4.36. The van der Waals surface area contributed by atoms with Gasteiger partial charge >= 0.3 is 0 Å². The van der Waals surface area contributed by atoms with Gasteiger partial charge in [0.15, 0.2) is 5.76 Å². The molecule has 0 fully saturated rings. The molecule has 0 unspecified atom stereocenters. The first-order valence-electron chi connectivity index (χ1n) is 7.69. The minimum Gasteiger partial charge on any atom is -0.360 e.